The highest BCUT2D eigenvalue weighted by Gasteiger charge is 2.40. The lowest BCUT2D eigenvalue weighted by Crippen LogP contribution is -2.57. The van der Waals surface area contributed by atoms with E-state index < -0.39 is 5.54 Å². The molecule has 6 nitrogen and oxygen atoms in total. The Morgan fingerprint density at radius 3 is 2.56 bits per heavy atom. The number of benzene rings is 1. The predicted octanol–water partition coefficient (Wildman–Crippen LogP) is 4.41. The lowest BCUT2D eigenvalue weighted by Gasteiger charge is -2.36. The third kappa shape index (κ3) is 5.07. The summed E-state index contributed by atoms with van der Waals surface area (Å²) in [6.07, 6.45) is 5.77. The van der Waals surface area contributed by atoms with Crippen LogP contribution in [0.1, 0.15) is 39.0 Å². The third-order valence-corrected chi connectivity index (χ3v) is 5.06. The number of pyridine rings is 1. The largest absolute Gasteiger partial charge is 0.439 e. The Labute approximate surface area is 166 Å². The molecule has 0 bridgehead atoms. The molecule has 0 unspecified atom stereocenters. The van der Waals surface area contributed by atoms with Crippen molar-refractivity contribution in [2.75, 3.05) is 5.32 Å². The van der Waals surface area contributed by atoms with Gasteiger partial charge in [-0.25, -0.2) is 4.98 Å². The number of rotatable bonds is 5. The highest BCUT2D eigenvalue weighted by molar-refractivity contribution is 9.10. The zero-order valence-corrected chi connectivity index (χ0v) is 16.7. The van der Waals surface area contributed by atoms with Crippen LogP contribution >= 0.6 is 15.9 Å². The standard InChI is InChI=1S/C20H22BrN3O3/c1-14(25)24-20(10-3-2-4-11-20)19(26)23-16-8-9-18(22-13-16)27-17-7-5-6-15(21)12-17/h5-9,12-13H,2-4,10-11H2,1H3,(H,23,26)(H,24,25). The Balaban J connectivity index is 1.67. The molecule has 2 amide bonds. The van der Waals surface area contributed by atoms with Gasteiger partial charge in [-0.05, 0) is 37.1 Å². The molecule has 0 aliphatic heterocycles. The molecule has 1 aromatic carbocycles. The molecule has 0 saturated heterocycles. The number of nitrogens with one attached hydrogen (secondary N) is 2. The Bertz CT molecular complexity index is 817. The van der Waals surface area contributed by atoms with Crippen LogP contribution in [0.4, 0.5) is 5.69 Å². The second kappa shape index (κ2) is 8.52. The molecule has 3 rings (SSSR count). The zero-order valence-electron chi connectivity index (χ0n) is 15.1. The molecule has 1 aliphatic carbocycles. The molecule has 1 fully saturated rings. The molecule has 0 radical (unpaired) electrons. The summed E-state index contributed by atoms with van der Waals surface area (Å²) in [4.78, 5) is 28.7. The fourth-order valence-electron chi connectivity index (χ4n) is 3.32. The van der Waals surface area contributed by atoms with Crippen LogP contribution in [0.2, 0.25) is 0 Å². The lowest BCUT2D eigenvalue weighted by atomic mass is 9.80. The highest BCUT2D eigenvalue weighted by Crippen LogP contribution is 2.30. The second-order valence-electron chi connectivity index (χ2n) is 6.72. The SMILES string of the molecule is CC(=O)NC1(C(=O)Nc2ccc(Oc3cccc(Br)c3)nc2)CCCCC1. The minimum absolute atomic E-state index is 0.192. The van der Waals surface area contributed by atoms with Gasteiger partial charge >= 0.3 is 0 Å². The molecular weight excluding hydrogens is 410 g/mol. The van der Waals surface area contributed by atoms with Gasteiger partial charge in [-0.15, -0.1) is 0 Å². The van der Waals surface area contributed by atoms with Crippen molar-refractivity contribution in [1.82, 2.24) is 10.3 Å². The van der Waals surface area contributed by atoms with E-state index in [0.29, 0.717) is 30.2 Å². The average molecular weight is 432 g/mol. The van der Waals surface area contributed by atoms with Crippen LogP contribution in [-0.4, -0.2) is 22.3 Å². The van der Waals surface area contributed by atoms with E-state index in [0.717, 1.165) is 23.7 Å². The van der Waals surface area contributed by atoms with Crippen LogP contribution in [0, 0.1) is 0 Å². The summed E-state index contributed by atoms with van der Waals surface area (Å²) in [6.45, 7) is 1.44. The molecule has 0 spiro atoms. The van der Waals surface area contributed by atoms with Crippen LogP contribution in [0.25, 0.3) is 0 Å². The molecular formula is C20H22BrN3O3. The van der Waals surface area contributed by atoms with Gasteiger partial charge in [-0.1, -0.05) is 41.3 Å². The smallest absolute Gasteiger partial charge is 0.250 e. The molecule has 1 aliphatic rings. The Kier molecular flexibility index (Phi) is 6.11. The number of carbonyl (C=O) groups excluding carboxylic acids is 2. The number of nitrogens with zero attached hydrogens (tertiary/aromatic N) is 1. The number of halogens is 1. The maximum atomic E-state index is 12.8. The quantitative estimate of drug-likeness (QED) is 0.734. The molecule has 2 aromatic rings. The number of ether oxygens (including phenoxy) is 1. The fraction of sp³-hybridized carbons (Fsp3) is 0.350. The third-order valence-electron chi connectivity index (χ3n) is 4.57. The van der Waals surface area contributed by atoms with Crippen LogP contribution in [-0.2, 0) is 9.59 Å². The van der Waals surface area contributed by atoms with Gasteiger partial charge in [0, 0.05) is 17.5 Å². The summed E-state index contributed by atoms with van der Waals surface area (Å²) in [5.41, 5.74) is -0.271. The monoisotopic (exact) mass is 431 g/mol. The van der Waals surface area contributed by atoms with Crippen LogP contribution < -0.4 is 15.4 Å². The van der Waals surface area contributed by atoms with Crippen LogP contribution in [0.5, 0.6) is 11.6 Å². The number of hydrogen-bond acceptors (Lipinski definition) is 4. The zero-order chi connectivity index (χ0) is 19.3. The Morgan fingerprint density at radius 1 is 1.15 bits per heavy atom. The number of aromatic nitrogens is 1. The lowest BCUT2D eigenvalue weighted by molar-refractivity contribution is -0.130. The molecule has 1 aromatic heterocycles. The fourth-order valence-corrected chi connectivity index (χ4v) is 3.70. The average Bonchev–Trinajstić information content (AvgIpc) is 2.63. The van der Waals surface area contributed by atoms with Crippen molar-refractivity contribution in [1.29, 1.82) is 0 Å². The minimum Gasteiger partial charge on any atom is -0.439 e. The van der Waals surface area contributed by atoms with Gasteiger partial charge in [-0.3, -0.25) is 9.59 Å². The summed E-state index contributed by atoms with van der Waals surface area (Å²) >= 11 is 3.40. The number of hydrogen-bond donors (Lipinski definition) is 2. The van der Waals surface area contributed by atoms with E-state index in [2.05, 4.69) is 31.5 Å². The summed E-state index contributed by atoms with van der Waals surface area (Å²) in [5, 5.41) is 5.74. The summed E-state index contributed by atoms with van der Waals surface area (Å²) < 4.78 is 6.61. The van der Waals surface area contributed by atoms with Crippen LogP contribution in [0.15, 0.2) is 47.1 Å². The van der Waals surface area contributed by atoms with Gasteiger partial charge in [0.2, 0.25) is 17.7 Å². The van der Waals surface area contributed by atoms with E-state index in [4.69, 9.17) is 4.74 Å². The topological polar surface area (TPSA) is 80.3 Å². The van der Waals surface area contributed by atoms with Crippen molar-refractivity contribution in [3.8, 4) is 11.6 Å². The Morgan fingerprint density at radius 2 is 1.93 bits per heavy atom. The van der Waals surface area contributed by atoms with Crippen molar-refractivity contribution in [3.05, 3.63) is 47.1 Å². The van der Waals surface area contributed by atoms with Crippen molar-refractivity contribution < 1.29 is 14.3 Å². The van der Waals surface area contributed by atoms with E-state index in [1.165, 1.54) is 6.92 Å². The predicted molar refractivity (Wildman–Crippen MR) is 107 cm³/mol. The van der Waals surface area contributed by atoms with Gasteiger partial charge in [0.15, 0.2) is 0 Å². The maximum absolute atomic E-state index is 12.8. The summed E-state index contributed by atoms with van der Waals surface area (Å²) in [5.74, 6) is 0.712. The highest BCUT2D eigenvalue weighted by atomic mass is 79.9. The molecule has 27 heavy (non-hydrogen) atoms. The molecule has 2 N–H and O–H groups in total. The first-order valence-electron chi connectivity index (χ1n) is 8.97. The number of amides is 2. The molecule has 142 valence electrons. The van der Waals surface area contributed by atoms with Crippen LogP contribution in [0.3, 0.4) is 0 Å². The van der Waals surface area contributed by atoms with E-state index in [-0.39, 0.29) is 11.8 Å². The first-order valence-corrected chi connectivity index (χ1v) is 9.76. The van der Waals surface area contributed by atoms with Crippen molar-refractivity contribution in [3.63, 3.8) is 0 Å². The van der Waals surface area contributed by atoms with Gasteiger partial charge in [0.25, 0.3) is 0 Å². The van der Waals surface area contributed by atoms with E-state index >= 15 is 0 Å². The first kappa shape index (κ1) is 19.4. The molecule has 1 saturated carbocycles. The Hall–Kier alpha value is -2.41. The number of anilines is 1. The van der Waals surface area contributed by atoms with E-state index in [9.17, 15) is 9.59 Å². The van der Waals surface area contributed by atoms with Crippen molar-refractivity contribution in [2.45, 2.75) is 44.6 Å². The summed E-state index contributed by atoms with van der Waals surface area (Å²) in [7, 11) is 0. The van der Waals surface area contributed by atoms with E-state index in [1.807, 2.05) is 24.3 Å². The maximum Gasteiger partial charge on any atom is 0.250 e. The first-order chi connectivity index (χ1) is 13.0. The minimum atomic E-state index is -0.838. The second-order valence-corrected chi connectivity index (χ2v) is 7.64. The summed E-state index contributed by atoms with van der Waals surface area (Å²) in [6, 6.07) is 10.9. The number of carbonyl (C=O) groups is 2. The van der Waals surface area contributed by atoms with Gasteiger partial charge < -0.3 is 15.4 Å². The normalized spacial score (nSPS) is 15.6. The van der Waals surface area contributed by atoms with Crippen molar-refractivity contribution in [2.24, 2.45) is 0 Å². The molecule has 1 heterocycles. The van der Waals surface area contributed by atoms with Gasteiger partial charge in [-0.2, -0.15) is 0 Å². The molecule has 0 atom stereocenters. The molecule has 7 heteroatoms. The van der Waals surface area contributed by atoms with Gasteiger partial charge in [0.1, 0.15) is 11.3 Å². The van der Waals surface area contributed by atoms with Gasteiger partial charge in [0.05, 0.1) is 11.9 Å². The van der Waals surface area contributed by atoms with Crippen molar-refractivity contribution >= 4 is 33.4 Å². The van der Waals surface area contributed by atoms with E-state index in [1.54, 1.807) is 18.3 Å².